The van der Waals surface area contributed by atoms with Gasteiger partial charge in [-0.05, 0) is 165 Å². The number of carbonyl (C=O) groups excluding carboxylic acids is 3. The number of aromatic nitrogens is 8. The fraction of sp³-hybridized carbons (Fsp3) is 0.197. The van der Waals surface area contributed by atoms with E-state index in [1.54, 1.807) is 107 Å². The molecule has 0 unspecified atom stereocenters. The molecule has 0 amide bonds. The van der Waals surface area contributed by atoms with Crippen LogP contribution in [-0.2, 0) is 14.2 Å². The van der Waals surface area contributed by atoms with Gasteiger partial charge in [-0.2, -0.15) is 0 Å². The standard InChI is InChI=1S/C18H17BFN2O4.C18H17FN2O2.C12H13BrN2O2.C7H5BrN2.C6H6BFO2/c1-18(2,3)25-17(23)22-15-10-21-9-14(11-5-4-6-12(20)7-11)13(15)8-16(22)26-19-24;1-18(2,3)23-17(22)21-8-7-14-15(10-20-11-16(14)21)12-5-4-6-13(19)9-12;1-12(2,3)17-11(16)15-5-4-8-9(13)6-14-7-10(8)15;8-6-3-9-4-7-5(6)1-2-10-7;8-6-3-1-2-5(4-6)7(9)10/h4-10,24H,1-3H3;4-11H,1-3H3;4-7H,1-3H3;1-4,10H;1-4,9-10H. The lowest BCUT2D eigenvalue weighted by Crippen LogP contribution is -2.29. The van der Waals surface area contributed by atoms with Gasteiger partial charge >= 0.3 is 33.1 Å². The van der Waals surface area contributed by atoms with E-state index in [0.29, 0.717) is 40.8 Å². The van der Waals surface area contributed by atoms with Crippen molar-refractivity contribution < 1.29 is 61.5 Å². The summed E-state index contributed by atoms with van der Waals surface area (Å²) in [6.45, 7) is 16.2. The molecule has 8 heterocycles. The van der Waals surface area contributed by atoms with Gasteiger partial charge in [-0.1, -0.05) is 36.4 Å². The molecule has 3 aromatic carbocycles. The summed E-state index contributed by atoms with van der Waals surface area (Å²) in [5, 5.41) is 29.6. The molecule has 0 spiro atoms. The first-order valence-corrected chi connectivity index (χ1v) is 27.8. The predicted molar refractivity (Wildman–Crippen MR) is 331 cm³/mol. The molecular weight excluding hydrogens is 1240 g/mol. The van der Waals surface area contributed by atoms with E-state index >= 15 is 0 Å². The van der Waals surface area contributed by atoms with Crippen LogP contribution in [0.5, 0.6) is 5.88 Å². The number of rotatable bonds is 5. The Kier molecular flexibility index (Phi) is 21.2. The van der Waals surface area contributed by atoms with Crippen LogP contribution in [0.15, 0.2) is 174 Å². The number of pyridine rings is 4. The van der Waals surface area contributed by atoms with E-state index in [-0.39, 0.29) is 23.0 Å². The van der Waals surface area contributed by atoms with Gasteiger partial charge in [-0.25, -0.2) is 32.1 Å². The van der Waals surface area contributed by atoms with E-state index in [2.05, 4.69) is 56.8 Å². The summed E-state index contributed by atoms with van der Waals surface area (Å²) in [6.07, 6.45) is 16.9. The van der Waals surface area contributed by atoms with Gasteiger partial charge in [-0.15, -0.1) is 0 Å². The van der Waals surface area contributed by atoms with Crippen LogP contribution in [-0.4, -0.2) is 104 Å². The number of fused-ring (bicyclic) bond motifs is 4. The minimum atomic E-state index is -1.59. The third-order valence-corrected chi connectivity index (χ3v) is 12.9. The Labute approximate surface area is 510 Å². The van der Waals surface area contributed by atoms with E-state index in [1.807, 2.05) is 65.9 Å². The van der Waals surface area contributed by atoms with Gasteiger partial charge in [0.05, 0.1) is 46.9 Å². The molecule has 0 fully saturated rings. The Morgan fingerprint density at radius 1 is 0.535 bits per heavy atom. The third-order valence-electron chi connectivity index (χ3n) is 11.7. The number of carbonyl (C=O) groups is 3. The van der Waals surface area contributed by atoms with E-state index < -0.39 is 48.0 Å². The highest BCUT2D eigenvalue weighted by atomic mass is 79.9. The Bertz CT molecular complexity index is 4180. The second kappa shape index (κ2) is 28.1. The number of nitrogens with one attached hydrogen (secondary N) is 1. The summed E-state index contributed by atoms with van der Waals surface area (Å²) in [5.74, 6) is -1.11. The maximum Gasteiger partial charge on any atom is 0.570 e. The zero-order chi connectivity index (χ0) is 62.7. The number of halogens is 5. The van der Waals surface area contributed by atoms with Crippen LogP contribution in [0.2, 0.25) is 0 Å². The fourth-order valence-corrected chi connectivity index (χ4v) is 9.05. The van der Waals surface area contributed by atoms with Gasteiger partial charge in [0.25, 0.3) is 0 Å². The first-order chi connectivity index (χ1) is 40.6. The molecule has 0 aliphatic carbocycles. The average molecular weight is 1300 g/mol. The van der Waals surface area contributed by atoms with Crippen molar-refractivity contribution in [3.8, 4) is 28.1 Å². The molecule has 0 saturated carbocycles. The van der Waals surface area contributed by atoms with Gasteiger partial charge in [-0.3, -0.25) is 29.1 Å². The number of hydrogen-bond acceptors (Lipinski definition) is 14. The highest BCUT2D eigenvalue weighted by Gasteiger charge is 2.26. The van der Waals surface area contributed by atoms with Crippen molar-refractivity contribution in [1.29, 1.82) is 0 Å². The molecule has 1 radical (unpaired) electrons. The summed E-state index contributed by atoms with van der Waals surface area (Å²) in [5.41, 5.74) is 3.89. The van der Waals surface area contributed by atoms with E-state index in [1.165, 1.54) is 67.7 Å². The Morgan fingerprint density at radius 2 is 0.988 bits per heavy atom. The monoisotopic (exact) mass is 1300 g/mol. The summed E-state index contributed by atoms with van der Waals surface area (Å²) < 4.78 is 66.5. The Balaban J connectivity index is 0.000000161. The molecule has 443 valence electrons. The SMILES string of the molecule is Brc1cncc2[nH]ccc12.CC(C)(C)OC(=O)n1c(O[B]O)cc2c(-c3cccc(F)c3)cncc21.CC(C)(C)OC(=O)n1ccc2c(-c3cccc(F)c3)cncc21.CC(C)(C)OC(=O)n1ccc2c(Br)cncc21.OB(O)c1cccc(F)c1. The number of H-pyrrole nitrogens is 1. The lowest BCUT2D eigenvalue weighted by Gasteiger charge is -2.20. The summed E-state index contributed by atoms with van der Waals surface area (Å²) in [6, 6.07) is 24.8. The highest BCUT2D eigenvalue weighted by Crippen LogP contribution is 2.35. The number of aromatic amines is 1. The molecule has 25 heteroatoms. The Morgan fingerprint density at radius 3 is 1.48 bits per heavy atom. The lowest BCUT2D eigenvalue weighted by molar-refractivity contribution is 0.0527. The van der Waals surface area contributed by atoms with Crippen LogP contribution in [0.25, 0.3) is 65.9 Å². The number of hydrogen-bond donors (Lipinski definition) is 4. The van der Waals surface area contributed by atoms with E-state index in [0.717, 1.165) is 42.4 Å². The van der Waals surface area contributed by atoms with Crippen molar-refractivity contribution in [2.45, 2.75) is 79.1 Å². The molecule has 11 rings (SSSR count). The molecule has 8 aromatic heterocycles. The zero-order valence-electron chi connectivity index (χ0n) is 48.0. The van der Waals surface area contributed by atoms with Gasteiger partial charge in [0.15, 0.2) is 5.88 Å². The van der Waals surface area contributed by atoms with Gasteiger partial charge in [0, 0.05) is 91.1 Å². The number of nitrogens with zero attached hydrogens (tertiary/aromatic N) is 7. The third kappa shape index (κ3) is 17.3. The van der Waals surface area contributed by atoms with Gasteiger partial charge in [0.2, 0.25) is 0 Å². The van der Waals surface area contributed by atoms with Crippen LogP contribution in [0, 0.1) is 17.5 Å². The fourth-order valence-electron chi connectivity index (χ4n) is 8.13. The molecule has 86 heavy (non-hydrogen) atoms. The van der Waals surface area contributed by atoms with Crippen molar-refractivity contribution >= 4 is 114 Å². The van der Waals surface area contributed by atoms with Crippen molar-refractivity contribution in [3.63, 3.8) is 0 Å². The predicted octanol–water partition coefficient (Wildman–Crippen LogP) is 13.6. The smallest absolute Gasteiger partial charge is 0.524 e. The molecule has 0 aliphatic rings. The van der Waals surface area contributed by atoms with Crippen LogP contribution >= 0.6 is 31.9 Å². The largest absolute Gasteiger partial charge is 0.570 e. The van der Waals surface area contributed by atoms with Crippen LogP contribution in [0.1, 0.15) is 62.3 Å². The molecule has 4 N–H and O–H groups in total. The first kappa shape index (κ1) is 64.9. The van der Waals surface area contributed by atoms with Crippen LogP contribution in [0.3, 0.4) is 0 Å². The quantitative estimate of drug-likeness (QED) is 0.0928. The molecule has 0 bridgehead atoms. The van der Waals surface area contributed by atoms with Crippen molar-refractivity contribution in [2.24, 2.45) is 0 Å². The first-order valence-electron chi connectivity index (χ1n) is 26.2. The summed E-state index contributed by atoms with van der Waals surface area (Å²) >= 11 is 6.79. The van der Waals surface area contributed by atoms with Crippen LogP contribution < -0.4 is 10.1 Å². The van der Waals surface area contributed by atoms with E-state index in [9.17, 15) is 27.6 Å². The highest BCUT2D eigenvalue weighted by molar-refractivity contribution is 9.11. The van der Waals surface area contributed by atoms with Gasteiger partial charge < -0.3 is 38.9 Å². The zero-order valence-corrected chi connectivity index (χ0v) is 51.1. The maximum atomic E-state index is 13.6. The van der Waals surface area contributed by atoms with Crippen molar-refractivity contribution in [2.75, 3.05) is 0 Å². The minimum Gasteiger partial charge on any atom is -0.524 e. The number of ether oxygens (including phenoxy) is 3. The van der Waals surface area contributed by atoms with Gasteiger partial charge in [0.1, 0.15) is 34.3 Å². The number of benzene rings is 3. The summed E-state index contributed by atoms with van der Waals surface area (Å²) in [4.78, 5) is 56.3. The normalized spacial score (nSPS) is 11.2. The molecular formula is C61H58B2Br2F3N8O10. The lowest BCUT2D eigenvalue weighted by atomic mass is 9.80. The topological polar surface area (TPSA) is 231 Å². The molecule has 11 aromatic rings. The maximum absolute atomic E-state index is 13.6. The second-order valence-electron chi connectivity index (χ2n) is 21.7. The van der Waals surface area contributed by atoms with Crippen molar-refractivity contribution in [1.82, 2.24) is 38.6 Å². The average Bonchev–Trinajstić information content (AvgIpc) is 1.73. The molecule has 0 saturated heterocycles. The van der Waals surface area contributed by atoms with Crippen molar-refractivity contribution in [3.05, 3.63) is 192 Å². The van der Waals surface area contributed by atoms with Crippen LogP contribution in [0.4, 0.5) is 27.6 Å². The van der Waals surface area contributed by atoms with E-state index in [4.69, 9.17) is 33.9 Å². The Hall–Kier alpha value is -8.61. The second-order valence-corrected chi connectivity index (χ2v) is 23.4. The molecule has 18 nitrogen and oxygen atoms in total. The minimum absolute atomic E-state index is 0.0578. The molecule has 0 atom stereocenters. The summed E-state index contributed by atoms with van der Waals surface area (Å²) in [7, 11) is -1.11. The molecule has 0 aliphatic heterocycles.